The number of fused-ring (bicyclic) bond motifs is 2. The standard InChI is InChI=1S/C22H24N4O2/c1-16-4-6-26-15-19(23-21(26)12-16)22(27)25-9-7-24(8-10-25)14-17-2-3-20-18(13-17)5-11-28-20/h2-4,6,12-13,15H,5,7-11,14H2,1H3. The Bertz CT molecular complexity index is 1030. The normalized spacial score (nSPS) is 17.0. The van der Waals surface area contributed by atoms with Gasteiger partial charge < -0.3 is 14.0 Å². The smallest absolute Gasteiger partial charge is 0.274 e. The van der Waals surface area contributed by atoms with Crippen LogP contribution in [-0.2, 0) is 13.0 Å². The monoisotopic (exact) mass is 376 g/mol. The summed E-state index contributed by atoms with van der Waals surface area (Å²) in [6, 6.07) is 10.5. The van der Waals surface area contributed by atoms with Gasteiger partial charge >= 0.3 is 0 Å². The van der Waals surface area contributed by atoms with Crippen LogP contribution in [0.3, 0.4) is 0 Å². The summed E-state index contributed by atoms with van der Waals surface area (Å²) >= 11 is 0. The van der Waals surface area contributed by atoms with E-state index in [1.165, 1.54) is 11.1 Å². The number of hydrogen-bond acceptors (Lipinski definition) is 4. The topological polar surface area (TPSA) is 50.1 Å². The molecule has 0 radical (unpaired) electrons. The Balaban J connectivity index is 1.22. The molecule has 0 N–H and O–H groups in total. The Labute approximate surface area is 164 Å². The Kier molecular flexibility index (Phi) is 4.28. The van der Waals surface area contributed by atoms with Crippen molar-refractivity contribution in [3.05, 3.63) is 65.1 Å². The van der Waals surface area contributed by atoms with Gasteiger partial charge in [0.15, 0.2) is 0 Å². The molecule has 4 heterocycles. The summed E-state index contributed by atoms with van der Waals surface area (Å²) in [4.78, 5) is 21.7. The molecule has 0 atom stereocenters. The number of benzene rings is 1. The summed E-state index contributed by atoms with van der Waals surface area (Å²) in [5.41, 5.74) is 5.12. The van der Waals surface area contributed by atoms with Gasteiger partial charge in [-0.15, -0.1) is 0 Å². The third kappa shape index (κ3) is 3.24. The summed E-state index contributed by atoms with van der Waals surface area (Å²) in [7, 11) is 0. The average molecular weight is 376 g/mol. The van der Waals surface area contributed by atoms with Gasteiger partial charge in [-0.1, -0.05) is 12.1 Å². The highest BCUT2D eigenvalue weighted by molar-refractivity contribution is 5.93. The third-order valence-electron chi connectivity index (χ3n) is 5.65. The van der Waals surface area contributed by atoms with Gasteiger partial charge in [0.2, 0.25) is 0 Å². The molecule has 1 amide bonds. The molecule has 1 saturated heterocycles. The van der Waals surface area contributed by atoms with Crippen molar-refractivity contribution in [2.75, 3.05) is 32.8 Å². The zero-order chi connectivity index (χ0) is 19.1. The molecule has 1 aromatic carbocycles. The number of nitrogens with zero attached hydrogens (tertiary/aromatic N) is 4. The number of aromatic nitrogens is 2. The molecule has 0 bridgehead atoms. The fraction of sp³-hybridized carbons (Fsp3) is 0.364. The molecule has 6 nitrogen and oxygen atoms in total. The van der Waals surface area contributed by atoms with E-state index in [2.05, 4.69) is 28.1 Å². The van der Waals surface area contributed by atoms with Crippen molar-refractivity contribution in [1.82, 2.24) is 19.2 Å². The molecule has 2 aliphatic heterocycles. The lowest BCUT2D eigenvalue weighted by atomic mass is 10.1. The molecule has 1 fully saturated rings. The lowest BCUT2D eigenvalue weighted by Gasteiger charge is -2.34. The quantitative estimate of drug-likeness (QED) is 0.705. The lowest BCUT2D eigenvalue weighted by Crippen LogP contribution is -2.48. The number of imidazole rings is 1. The number of carbonyl (C=O) groups is 1. The molecule has 0 aliphatic carbocycles. The summed E-state index contributed by atoms with van der Waals surface area (Å²) < 4.78 is 7.50. The number of aryl methyl sites for hydroxylation is 1. The van der Waals surface area contributed by atoms with Gasteiger partial charge in [0.05, 0.1) is 6.61 Å². The van der Waals surface area contributed by atoms with Crippen LogP contribution in [0, 0.1) is 6.92 Å². The van der Waals surface area contributed by atoms with E-state index in [4.69, 9.17) is 4.74 Å². The second-order valence-electron chi connectivity index (χ2n) is 7.70. The molecule has 28 heavy (non-hydrogen) atoms. The van der Waals surface area contributed by atoms with Crippen molar-refractivity contribution in [2.45, 2.75) is 19.9 Å². The van der Waals surface area contributed by atoms with E-state index < -0.39 is 0 Å². The number of ether oxygens (including phenoxy) is 1. The second kappa shape index (κ2) is 6.95. The van der Waals surface area contributed by atoms with Gasteiger partial charge in [-0.25, -0.2) is 4.98 Å². The molecular weight excluding hydrogens is 352 g/mol. The molecule has 5 rings (SSSR count). The molecule has 6 heteroatoms. The molecule has 2 aromatic heterocycles. The van der Waals surface area contributed by atoms with E-state index in [9.17, 15) is 4.79 Å². The summed E-state index contributed by atoms with van der Waals surface area (Å²) in [6.07, 6.45) is 4.79. The van der Waals surface area contributed by atoms with Gasteiger partial charge in [0.25, 0.3) is 5.91 Å². The van der Waals surface area contributed by atoms with Crippen LogP contribution in [0.1, 0.15) is 27.2 Å². The maximum absolute atomic E-state index is 12.9. The van der Waals surface area contributed by atoms with Gasteiger partial charge in [0, 0.05) is 51.5 Å². The first-order valence-electron chi connectivity index (χ1n) is 9.87. The van der Waals surface area contributed by atoms with Crippen LogP contribution in [0.2, 0.25) is 0 Å². The average Bonchev–Trinajstić information content (AvgIpc) is 3.34. The van der Waals surface area contributed by atoms with Crippen molar-refractivity contribution in [1.29, 1.82) is 0 Å². The summed E-state index contributed by atoms with van der Waals surface area (Å²) in [5, 5.41) is 0. The molecule has 0 unspecified atom stereocenters. The van der Waals surface area contributed by atoms with Crippen molar-refractivity contribution in [3.8, 4) is 5.75 Å². The number of amides is 1. The Morgan fingerprint density at radius 2 is 2.00 bits per heavy atom. The van der Waals surface area contributed by atoms with Crippen molar-refractivity contribution in [2.24, 2.45) is 0 Å². The third-order valence-corrected chi connectivity index (χ3v) is 5.65. The molecule has 3 aromatic rings. The Hall–Kier alpha value is -2.86. The number of carbonyl (C=O) groups excluding carboxylic acids is 1. The molecule has 0 saturated carbocycles. The lowest BCUT2D eigenvalue weighted by molar-refractivity contribution is 0.0623. The zero-order valence-corrected chi connectivity index (χ0v) is 16.1. The van der Waals surface area contributed by atoms with E-state index in [-0.39, 0.29) is 5.91 Å². The van der Waals surface area contributed by atoms with Gasteiger partial charge in [0.1, 0.15) is 17.1 Å². The summed E-state index contributed by atoms with van der Waals surface area (Å²) in [6.45, 7) is 6.98. The maximum Gasteiger partial charge on any atom is 0.274 e. The molecule has 0 spiro atoms. The number of pyridine rings is 1. The first-order chi connectivity index (χ1) is 13.7. The number of hydrogen-bond donors (Lipinski definition) is 0. The van der Waals surface area contributed by atoms with Crippen LogP contribution in [0.5, 0.6) is 5.75 Å². The largest absolute Gasteiger partial charge is 0.493 e. The van der Waals surface area contributed by atoms with Gasteiger partial charge in [-0.2, -0.15) is 0 Å². The maximum atomic E-state index is 12.9. The Morgan fingerprint density at radius 3 is 2.86 bits per heavy atom. The second-order valence-corrected chi connectivity index (χ2v) is 7.70. The molecule has 2 aliphatic rings. The van der Waals surface area contributed by atoms with Crippen LogP contribution in [0.4, 0.5) is 0 Å². The summed E-state index contributed by atoms with van der Waals surface area (Å²) in [5.74, 6) is 1.05. The minimum absolute atomic E-state index is 0.0238. The Morgan fingerprint density at radius 1 is 1.14 bits per heavy atom. The highest BCUT2D eigenvalue weighted by Crippen LogP contribution is 2.26. The van der Waals surface area contributed by atoms with Crippen LogP contribution in [0.25, 0.3) is 5.65 Å². The van der Waals surface area contributed by atoms with Crippen LogP contribution in [0.15, 0.2) is 42.7 Å². The fourth-order valence-electron chi connectivity index (χ4n) is 4.05. The first-order valence-corrected chi connectivity index (χ1v) is 9.87. The van der Waals surface area contributed by atoms with Crippen molar-refractivity contribution in [3.63, 3.8) is 0 Å². The molecule has 144 valence electrons. The minimum Gasteiger partial charge on any atom is -0.493 e. The number of rotatable bonds is 3. The fourth-order valence-corrected chi connectivity index (χ4v) is 4.05. The van der Waals surface area contributed by atoms with Crippen molar-refractivity contribution >= 4 is 11.6 Å². The van der Waals surface area contributed by atoms with E-state index in [1.807, 2.05) is 40.8 Å². The SMILES string of the molecule is Cc1ccn2cc(C(=O)N3CCN(Cc4ccc5c(c4)CCO5)CC3)nc2c1. The van der Waals surface area contributed by atoms with Gasteiger partial charge in [-0.3, -0.25) is 9.69 Å². The predicted octanol–water partition coefficient (Wildman–Crippen LogP) is 2.54. The minimum atomic E-state index is 0.0238. The van der Waals surface area contributed by atoms with Gasteiger partial charge in [-0.05, 0) is 41.8 Å². The highest BCUT2D eigenvalue weighted by Gasteiger charge is 2.24. The van der Waals surface area contributed by atoms with Crippen LogP contribution >= 0.6 is 0 Å². The predicted molar refractivity (Wildman–Crippen MR) is 107 cm³/mol. The highest BCUT2D eigenvalue weighted by atomic mass is 16.5. The van der Waals surface area contributed by atoms with E-state index in [0.717, 1.165) is 62.7 Å². The molecular formula is C22H24N4O2. The van der Waals surface area contributed by atoms with E-state index in [0.29, 0.717) is 5.69 Å². The van der Waals surface area contributed by atoms with E-state index >= 15 is 0 Å². The first kappa shape index (κ1) is 17.3. The number of piperazine rings is 1. The van der Waals surface area contributed by atoms with Crippen LogP contribution < -0.4 is 4.74 Å². The van der Waals surface area contributed by atoms with Crippen molar-refractivity contribution < 1.29 is 9.53 Å². The van der Waals surface area contributed by atoms with Crippen LogP contribution in [-0.4, -0.2) is 57.9 Å². The van der Waals surface area contributed by atoms with E-state index in [1.54, 1.807) is 0 Å². The zero-order valence-electron chi connectivity index (χ0n) is 16.1.